The normalized spacial score (nSPS) is 11.6. The molecule has 3 aromatic rings. The Morgan fingerprint density at radius 2 is 2.23 bits per heavy atom. The van der Waals surface area contributed by atoms with Gasteiger partial charge in [-0.15, -0.1) is 0 Å². The molecule has 0 bridgehead atoms. The quantitative estimate of drug-likeness (QED) is 0.639. The van der Waals surface area contributed by atoms with Crippen molar-refractivity contribution in [3.63, 3.8) is 0 Å². The number of aromatic nitrogens is 2. The summed E-state index contributed by atoms with van der Waals surface area (Å²) in [7, 11) is 1.57. The van der Waals surface area contributed by atoms with Crippen molar-refractivity contribution in [2.75, 3.05) is 25.6 Å². The van der Waals surface area contributed by atoms with Crippen molar-refractivity contribution >= 4 is 17.1 Å². The van der Waals surface area contributed by atoms with E-state index in [4.69, 9.17) is 19.6 Å². The van der Waals surface area contributed by atoms with Gasteiger partial charge in [0.1, 0.15) is 17.9 Å². The highest BCUT2D eigenvalue weighted by molar-refractivity contribution is 5.76. The second-order valence-electron chi connectivity index (χ2n) is 5.47. The summed E-state index contributed by atoms with van der Waals surface area (Å²) in [5.41, 5.74) is 7.99. The van der Waals surface area contributed by atoms with Crippen LogP contribution in [0.2, 0.25) is 0 Å². The molecule has 7 nitrogen and oxygen atoms in total. The molecule has 0 atom stereocenters. The molecule has 0 amide bonds. The van der Waals surface area contributed by atoms with Crippen LogP contribution in [0.1, 0.15) is 5.56 Å². The van der Waals surface area contributed by atoms with Crippen molar-refractivity contribution in [3.05, 3.63) is 54.0 Å². The van der Waals surface area contributed by atoms with Crippen LogP contribution in [-0.4, -0.2) is 30.2 Å². The number of hydrogen-bond donors (Lipinski definition) is 2. The number of anilines is 1. The SMILES string of the molecule is COc1ccc(CNc2nc3ccc(OCC(=CF)CN)cc3o2)cn1. The average Bonchev–Trinajstić information content (AvgIpc) is 3.09. The fourth-order valence-corrected chi connectivity index (χ4v) is 2.20. The monoisotopic (exact) mass is 358 g/mol. The predicted molar refractivity (Wildman–Crippen MR) is 95.9 cm³/mol. The van der Waals surface area contributed by atoms with Crippen molar-refractivity contribution in [2.45, 2.75) is 6.54 Å². The second kappa shape index (κ2) is 8.30. The van der Waals surface area contributed by atoms with Gasteiger partial charge in [0.25, 0.3) is 6.01 Å². The van der Waals surface area contributed by atoms with Gasteiger partial charge in [0.05, 0.1) is 13.4 Å². The van der Waals surface area contributed by atoms with Gasteiger partial charge in [0.2, 0.25) is 5.88 Å². The van der Waals surface area contributed by atoms with Crippen LogP contribution in [0.5, 0.6) is 11.6 Å². The summed E-state index contributed by atoms with van der Waals surface area (Å²) in [5, 5.41) is 3.10. The van der Waals surface area contributed by atoms with Crippen LogP contribution in [0.3, 0.4) is 0 Å². The molecule has 1 aromatic carbocycles. The van der Waals surface area contributed by atoms with E-state index in [-0.39, 0.29) is 13.2 Å². The number of ether oxygens (including phenoxy) is 2. The number of nitrogens with two attached hydrogens (primary N) is 1. The topological polar surface area (TPSA) is 95.4 Å². The predicted octanol–water partition coefficient (Wildman–Crippen LogP) is 3.03. The van der Waals surface area contributed by atoms with Crippen molar-refractivity contribution in [3.8, 4) is 11.6 Å². The molecule has 2 aromatic heterocycles. The smallest absolute Gasteiger partial charge is 0.295 e. The molecule has 0 aliphatic heterocycles. The summed E-state index contributed by atoms with van der Waals surface area (Å²) in [5.74, 6) is 1.11. The van der Waals surface area contributed by atoms with E-state index in [1.807, 2.05) is 6.07 Å². The number of rotatable bonds is 8. The molecule has 0 fully saturated rings. The van der Waals surface area contributed by atoms with Crippen LogP contribution in [0, 0.1) is 0 Å². The Morgan fingerprint density at radius 3 is 2.92 bits per heavy atom. The zero-order valence-electron chi connectivity index (χ0n) is 14.2. The molecule has 0 spiro atoms. The molecule has 0 saturated heterocycles. The minimum absolute atomic E-state index is 0.0855. The van der Waals surface area contributed by atoms with E-state index in [1.54, 1.807) is 37.6 Å². The number of nitrogens with zero attached hydrogens (tertiary/aromatic N) is 2. The van der Waals surface area contributed by atoms with Crippen LogP contribution < -0.4 is 20.5 Å². The van der Waals surface area contributed by atoms with Gasteiger partial charge in [-0.05, 0) is 17.7 Å². The van der Waals surface area contributed by atoms with Crippen LogP contribution in [-0.2, 0) is 6.54 Å². The molecule has 136 valence electrons. The van der Waals surface area contributed by atoms with Gasteiger partial charge in [-0.1, -0.05) is 6.07 Å². The van der Waals surface area contributed by atoms with Crippen LogP contribution in [0.15, 0.2) is 52.8 Å². The van der Waals surface area contributed by atoms with E-state index >= 15 is 0 Å². The Labute approximate surface area is 149 Å². The highest BCUT2D eigenvalue weighted by atomic mass is 19.1. The van der Waals surface area contributed by atoms with Crippen LogP contribution >= 0.6 is 0 Å². The Balaban J connectivity index is 1.64. The lowest BCUT2D eigenvalue weighted by Gasteiger charge is -2.06. The van der Waals surface area contributed by atoms with Gasteiger partial charge in [0, 0.05) is 37.0 Å². The molecule has 3 N–H and O–H groups in total. The first-order chi connectivity index (χ1) is 12.7. The second-order valence-corrected chi connectivity index (χ2v) is 5.47. The Hall–Kier alpha value is -3.13. The number of methoxy groups -OCH3 is 1. The van der Waals surface area contributed by atoms with E-state index in [2.05, 4.69) is 15.3 Å². The summed E-state index contributed by atoms with van der Waals surface area (Å²) in [4.78, 5) is 8.50. The summed E-state index contributed by atoms with van der Waals surface area (Å²) in [6.07, 6.45) is 2.18. The molecular formula is C18H19FN4O3. The van der Waals surface area contributed by atoms with Gasteiger partial charge >= 0.3 is 0 Å². The maximum Gasteiger partial charge on any atom is 0.295 e. The molecule has 2 heterocycles. The van der Waals surface area contributed by atoms with Crippen molar-refractivity contribution in [2.24, 2.45) is 5.73 Å². The number of benzene rings is 1. The van der Waals surface area contributed by atoms with E-state index in [9.17, 15) is 4.39 Å². The summed E-state index contributed by atoms with van der Waals surface area (Å²) in [6.45, 7) is 0.700. The lowest BCUT2D eigenvalue weighted by molar-refractivity contribution is 0.347. The molecule has 0 radical (unpaired) electrons. The first-order valence-electron chi connectivity index (χ1n) is 7.96. The third-order valence-corrected chi connectivity index (χ3v) is 3.65. The third-order valence-electron chi connectivity index (χ3n) is 3.65. The molecule has 3 rings (SSSR count). The number of halogens is 1. The fraction of sp³-hybridized carbons (Fsp3) is 0.222. The number of hydrogen-bond acceptors (Lipinski definition) is 7. The maximum absolute atomic E-state index is 12.5. The summed E-state index contributed by atoms with van der Waals surface area (Å²) in [6, 6.07) is 9.30. The number of fused-ring (bicyclic) bond motifs is 1. The van der Waals surface area contributed by atoms with Crippen molar-refractivity contribution < 1.29 is 18.3 Å². The lowest BCUT2D eigenvalue weighted by Crippen LogP contribution is -2.10. The van der Waals surface area contributed by atoms with E-state index < -0.39 is 0 Å². The maximum atomic E-state index is 12.5. The highest BCUT2D eigenvalue weighted by Gasteiger charge is 2.08. The van der Waals surface area contributed by atoms with Gasteiger partial charge in [-0.3, -0.25) is 0 Å². The van der Waals surface area contributed by atoms with E-state index in [0.717, 1.165) is 5.56 Å². The molecule has 0 aliphatic rings. The number of pyridine rings is 1. The van der Waals surface area contributed by atoms with Crippen molar-refractivity contribution in [1.82, 2.24) is 9.97 Å². The molecule has 0 aliphatic carbocycles. The number of oxazole rings is 1. The lowest BCUT2D eigenvalue weighted by atomic mass is 10.3. The molecule has 0 unspecified atom stereocenters. The summed E-state index contributed by atoms with van der Waals surface area (Å²) >= 11 is 0. The fourth-order valence-electron chi connectivity index (χ4n) is 2.20. The van der Waals surface area contributed by atoms with Crippen LogP contribution in [0.4, 0.5) is 10.4 Å². The van der Waals surface area contributed by atoms with Gasteiger partial charge in [0.15, 0.2) is 5.58 Å². The van der Waals surface area contributed by atoms with E-state index in [0.29, 0.717) is 47.2 Å². The molecule has 0 saturated carbocycles. The minimum Gasteiger partial charge on any atom is -0.489 e. The van der Waals surface area contributed by atoms with Crippen molar-refractivity contribution in [1.29, 1.82) is 0 Å². The molecule has 8 heteroatoms. The van der Waals surface area contributed by atoms with Crippen LogP contribution in [0.25, 0.3) is 11.1 Å². The standard InChI is InChI=1S/C18H19FN4O3/c1-24-17-5-2-12(9-21-17)10-22-18-23-15-4-3-14(6-16(15)26-18)25-11-13(7-19)8-20/h2-7,9H,8,10-11,20H2,1H3,(H,22,23). The number of nitrogens with one attached hydrogen (secondary N) is 1. The average molecular weight is 358 g/mol. The summed E-state index contributed by atoms with van der Waals surface area (Å²) < 4.78 is 28.7. The first-order valence-corrected chi connectivity index (χ1v) is 7.96. The Bertz CT molecular complexity index is 893. The van der Waals surface area contributed by atoms with E-state index in [1.165, 1.54) is 0 Å². The largest absolute Gasteiger partial charge is 0.489 e. The zero-order chi connectivity index (χ0) is 18.4. The molecule has 26 heavy (non-hydrogen) atoms. The minimum atomic E-state index is 0.0855. The Morgan fingerprint density at radius 1 is 1.35 bits per heavy atom. The van der Waals surface area contributed by atoms with Gasteiger partial charge in [-0.25, -0.2) is 9.37 Å². The highest BCUT2D eigenvalue weighted by Crippen LogP contribution is 2.24. The van der Waals surface area contributed by atoms with Gasteiger partial charge in [-0.2, -0.15) is 4.98 Å². The third kappa shape index (κ3) is 4.28. The zero-order valence-corrected chi connectivity index (χ0v) is 14.2. The molecular weight excluding hydrogens is 339 g/mol. The van der Waals surface area contributed by atoms with Gasteiger partial charge < -0.3 is 24.9 Å². The first kappa shape index (κ1) is 17.7. The Kier molecular flexibility index (Phi) is 5.65.